The highest BCUT2D eigenvalue weighted by molar-refractivity contribution is 5.77. The molecule has 1 aromatic heterocycles. The minimum atomic E-state index is -0.673. The molecule has 2 heterocycles. The lowest BCUT2D eigenvalue weighted by Crippen LogP contribution is -2.11. The lowest BCUT2D eigenvalue weighted by molar-refractivity contribution is 0.0753. The summed E-state index contributed by atoms with van der Waals surface area (Å²) < 4.78 is 23.8. The number of furan rings is 1. The summed E-state index contributed by atoms with van der Waals surface area (Å²) in [6, 6.07) is 6.02. The molecule has 1 aromatic carbocycles. The highest BCUT2D eigenvalue weighted by atomic mass is 19.1. The van der Waals surface area contributed by atoms with Crippen molar-refractivity contribution in [3.8, 4) is 0 Å². The van der Waals surface area contributed by atoms with E-state index in [2.05, 4.69) is 0 Å². The monoisotopic (exact) mass is 236 g/mol. The van der Waals surface area contributed by atoms with Gasteiger partial charge >= 0.3 is 0 Å². The highest BCUT2D eigenvalue weighted by Gasteiger charge is 2.27. The Morgan fingerprint density at radius 2 is 2.24 bits per heavy atom. The Bertz CT molecular complexity index is 528. The number of rotatable bonds is 2. The van der Waals surface area contributed by atoms with Gasteiger partial charge < -0.3 is 14.3 Å². The van der Waals surface area contributed by atoms with Crippen LogP contribution in [0.3, 0.4) is 0 Å². The molecule has 3 rings (SSSR count). The maximum atomic E-state index is 13.0. The minimum Gasteiger partial charge on any atom is -0.458 e. The van der Waals surface area contributed by atoms with Gasteiger partial charge in [0.25, 0.3) is 0 Å². The van der Waals surface area contributed by atoms with E-state index < -0.39 is 6.10 Å². The molecule has 1 saturated heterocycles. The van der Waals surface area contributed by atoms with Gasteiger partial charge in [-0.15, -0.1) is 0 Å². The van der Waals surface area contributed by atoms with Crippen molar-refractivity contribution in [1.29, 1.82) is 0 Å². The first kappa shape index (κ1) is 10.7. The molecular weight excluding hydrogens is 223 g/mol. The SMILES string of the molecule is OC(c1cc2cc(F)ccc2o1)C1CCOC1. The smallest absolute Gasteiger partial charge is 0.134 e. The lowest BCUT2D eigenvalue weighted by atomic mass is 10.00. The Hall–Kier alpha value is -1.39. The van der Waals surface area contributed by atoms with Crippen LogP contribution in [0.5, 0.6) is 0 Å². The van der Waals surface area contributed by atoms with Crippen LogP contribution in [-0.4, -0.2) is 18.3 Å². The molecule has 1 aliphatic rings. The van der Waals surface area contributed by atoms with Crippen molar-refractivity contribution < 1.29 is 18.7 Å². The molecule has 1 N–H and O–H groups in total. The molecule has 0 aliphatic carbocycles. The predicted octanol–water partition coefficient (Wildman–Crippen LogP) is 2.64. The summed E-state index contributed by atoms with van der Waals surface area (Å²) in [5, 5.41) is 10.8. The first-order chi connectivity index (χ1) is 8.24. The van der Waals surface area contributed by atoms with E-state index in [4.69, 9.17) is 9.15 Å². The molecule has 90 valence electrons. The van der Waals surface area contributed by atoms with Gasteiger partial charge in [-0.3, -0.25) is 0 Å². The Labute approximate surface area is 97.8 Å². The topological polar surface area (TPSA) is 42.6 Å². The first-order valence-corrected chi connectivity index (χ1v) is 5.69. The summed E-state index contributed by atoms with van der Waals surface area (Å²) in [4.78, 5) is 0. The van der Waals surface area contributed by atoms with Crippen LogP contribution in [0.2, 0.25) is 0 Å². The summed E-state index contributed by atoms with van der Waals surface area (Å²) in [6.07, 6.45) is 0.153. The molecule has 17 heavy (non-hydrogen) atoms. The second-order valence-electron chi connectivity index (χ2n) is 4.40. The number of fused-ring (bicyclic) bond motifs is 1. The quantitative estimate of drug-likeness (QED) is 0.871. The third-order valence-electron chi connectivity index (χ3n) is 3.20. The van der Waals surface area contributed by atoms with Gasteiger partial charge in [0, 0.05) is 17.9 Å². The van der Waals surface area contributed by atoms with Gasteiger partial charge in [0.2, 0.25) is 0 Å². The molecule has 0 amide bonds. The molecule has 0 bridgehead atoms. The van der Waals surface area contributed by atoms with Crippen LogP contribution in [0.15, 0.2) is 28.7 Å². The Kier molecular flexibility index (Phi) is 2.61. The van der Waals surface area contributed by atoms with Gasteiger partial charge in [-0.25, -0.2) is 4.39 Å². The van der Waals surface area contributed by atoms with E-state index in [1.54, 1.807) is 12.1 Å². The van der Waals surface area contributed by atoms with Crippen molar-refractivity contribution in [2.75, 3.05) is 13.2 Å². The number of ether oxygens (including phenoxy) is 1. The number of hydrogen-bond donors (Lipinski definition) is 1. The largest absolute Gasteiger partial charge is 0.458 e. The van der Waals surface area contributed by atoms with Crippen molar-refractivity contribution in [2.24, 2.45) is 5.92 Å². The molecule has 3 nitrogen and oxygen atoms in total. The number of aliphatic hydroxyl groups excluding tert-OH is 1. The number of halogens is 1. The van der Waals surface area contributed by atoms with Crippen molar-refractivity contribution >= 4 is 11.0 Å². The van der Waals surface area contributed by atoms with E-state index in [9.17, 15) is 9.50 Å². The van der Waals surface area contributed by atoms with E-state index in [0.717, 1.165) is 6.42 Å². The van der Waals surface area contributed by atoms with Gasteiger partial charge in [-0.1, -0.05) is 0 Å². The summed E-state index contributed by atoms with van der Waals surface area (Å²) >= 11 is 0. The fourth-order valence-corrected chi connectivity index (χ4v) is 2.21. The Morgan fingerprint density at radius 3 is 3.00 bits per heavy atom. The van der Waals surface area contributed by atoms with E-state index >= 15 is 0 Å². The lowest BCUT2D eigenvalue weighted by Gasteiger charge is -2.13. The first-order valence-electron chi connectivity index (χ1n) is 5.69. The van der Waals surface area contributed by atoms with E-state index in [1.807, 2.05) is 0 Å². The standard InChI is InChI=1S/C13H13FO3/c14-10-1-2-11-9(5-10)6-12(17-11)13(15)8-3-4-16-7-8/h1-2,5-6,8,13,15H,3-4,7H2. The number of hydrogen-bond acceptors (Lipinski definition) is 3. The van der Waals surface area contributed by atoms with E-state index in [1.165, 1.54) is 12.1 Å². The second-order valence-corrected chi connectivity index (χ2v) is 4.40. The zero-order valence-electron chi connectivity index (χ0n) is 9.23. The number of aliphatic hydroxyl groups is 1. The van der Waals surface area contributed by atoms with Crippen molar-refractivity contribution in [3.05, 3.63) is 35.8 Å². The van der Waals surface area contributed by atoms with Gasteiger partial charge in [-0.2, -0.15) is 0 Å². The summed E-state index contributed by atoms with van der Waals surface area (Å²) in [7, 11) is 0. The maximum absolute atomic E-state index is 13.0. The van der Waals surface area contributed by atoms with Crippen LogP contribution in [0.4, 0.5) is 4.39 Å². The molecule has 2 aromatic rings. The molecule has 0 saturated carbocycles. The van der Waals surface area contributed by atoms with E-state index in [-0.39, 0.29) is 11.7 Å². The summed E-state index contributed by atoms with van der Waals surface area (Å²) in [5.41, 5.74) is 0.597. The highest BCUT2D eigenvalue weighted by Crippen LogP contribution is 2.32. The summed E-state index contributed by atoms with van der Waals surface area (Å²) in [5.74, 6) is 0.255. The normalized spacial score (nSPS) is 22.1. The van der Waals surface area contributed by atoms with Crippen molar-refractivity contribution in [3.63, 3.8) is 0 Å². The molecule has 2 unspecified atom stereocenters. The molecular formula is C13H13FO3. The maximum Gasteiger partial charge on any atom is 0.134 e. The van der Waals surface area contributed by atoms with Crippen LogP contribution >= 0.6 is 0 Å². The van der Waals surface area contributed by atoms with Crippen LogP contribution in [0.25, 0.3) is 11.0 Å². The predicted molar refractivity (Wildman–Crippen MR) is 60.1 cm³/mol. The molecule has 4 heteroatoms. The molecule has 0 spiro atoms. The minimum absolute atomic E-state index is 0.0698. The zero-order chi connectivity index (χ0) is 11.8. The third kappa shape index (κ3) is 1.94. The Morgan fingerprint density at radius 1 is 1.35 bits per heavy atom. The average Bonchev–Trinajstić information content (AvgIpc) is 2.96. The van der Waals surface area contributed by atoms with Crippen molar-refractivity contribution in [2.45, 2.75) is 12.5 Å². The third-order valence-corrected chi connectivity index (χ3v) is 3.20. The van der Waals surface area contributed by atoms with Crippen LogP contribution in [-0.2, 0) is 4.74 Å². The fourth-order valence-electron chi connectivity index (χ4n) is 2.21. The van der Waals surface area contributed by atoms with E-state index in [0.29, 0.717) is 29.9 Å². The average molecular weight is 236 g/mol. The molecule has 1 fully saturated rings. The van der Waals surface area contributed by atoms with Crippen LogP contribution in [0, 0.1) is 11.7 Å². The molecule has 1 aliphatic heterocycles. The molecule has 2 atom stereocenters. The van der Waals surface area contributed by atoms with Gasteiger partial charge in [0.05, 0.1) is 6.61 Å². The Balaban J connectivity index is 1.94. The van der Waals surface area contributed by atoms with Gasteiger partial charge in [0.15, 0.2) is 0 Å². The van der Waals surface area contributed by atoms with Crippen molar-refractivity contribution in [1.82, 2.24) is 0 Å². The second kappa shape index (κ2) is 4.13. The van der Waals surface area contributed by atoms with Gasteiger partial charge in [0.1, 0.15) is 23.3 Å². The van der Waals surface area contributed by atoms with Crippen LogP contribution in [0.1, 0.15) is 18.3 Å². The van der Waals surface area contributed by atoms with Gasteiger partial charge in [-0.05, 0) is 30.7 Å². The van der Waals surface area contributed by atoms with Crippen LogP contribution < -0.4 is 0 Å². The number of benzene rings is 1. The zero-order valence-corrected chi connectivity index (χ0v) is 9.23. The molecule has 0 radical (unpaired) electrons. The summed E-state index contributed by atoms with van der Waals surface area (Å²) in [6.45, 7) is 1.23. The fraction of sp³-hybridized carbons (Fsp3) is 0.385.